The number of aryl methyl sites for hydroxylation is 1. The van der Waals surface area contributed by atoms with Gasteiger partial charge in [0.1, 0.15) is 5.75 Å². The summed E-state index contributed by atoms with van der Waals surface area (Å²) in [6.45, 7) is 1.78. The number of amides is 1. The molecule has 0 spiro atoms. The summed E-state index contributed by atoms with van der Waals surface area (Å²) in [5, 5.41) is 9.95. The summed E-state index contributed by atoms with van der Waals surface area (Å²) < 4.78 is 43.8. The molecule has 1 fully saturated rings. The SMILES string of the molecule is Cl.Cn1c(Nc2nc3ccc(OC(F)(F)F)cc3s2)nc2cc(C(=O)NC3CCNCC3)ccc21. The van der Waals surface area contributed by atoms with Crippen LogP contribution in [0.25, 0.3) is 21.3 Å². The summed E-state index contributed by atoms with van der Waals surface area (Å²) in [7, 11) is 1.83. The van der Waals surface area contributed by atoms with Gasteiger partial charge in [0.2, 0.25) is 5.95 Å². The van der Waals surface area contributed by atoms with Gasteiger partial charge in [-0.1, -0.05) is 11.3 Å². The topological polar surface area (TPSA) is 93.1 Å². The second-order valence-corrected chi connectivity index (χ2v) is 9.05. The number of nitrogens with zero attached hydrogens (tertiary/aromatic N) is 3. The van der Waals surface area contributed by atoms with Crippen LogP contribution < -0.4 is 20.7 Å². The summed E-state index contributed by atoms with van der Waals surface area (Å²) in [5.41, 5.74) is 2.54. The number of imidazole rings is 1. The Morgan fingerprint density at radius 1 is 1.14 bits per heavy atom. The highest BCUT2D eigenvalue weighted by molar-refractivity contribution is 7.22. The van der Waals surface area contributed by atoms with Crippen LogP contribution in [0.2, 0.25) is 0 Å². The van der Waals surface area contributed by atoms with Gasteiger partial charge in [0, 0.05) is 24.7 Å². The number of hydrogen-bond donors (Lipinski definition) is 3. The van der Waals surface area contributed by atoms with Gasteiger partial charge in [0.05, 0.1) is 21.3 Å². The quantitative estimate of drug-likeness (QED) is 0.348. The number of carbonyl (C=O) groups excluding carboxylic acids is 1. The summed E-state index contributed by atoms with van der Waals surface area (Å²) in [6, 6.07) is 9.51. The Hall–Kier alpha value is -3.09. The molecule has 5 rings (SSSR count). The number of rotatable bonds is 5. The van der Waals surface area contributed by atoms with Crippen molar-refractivity contribution in [3.8, 4) is 5.75 Å². The summed E-state index contributed by atoms with van der Waals surface area (Å²) in [4.78, 5) is 21.7. The molecule has 8 nitrogen and oxygen atoms in total. The molecule has 3 heterocycles. The standard InChI is InChI=1S/C22H21F3N6O2S.ClH/c1-31-17-5-2-12(19(32)27-13-6-8-26-9-7-13)10-16(17)28-20(31)30-21-29-15-4-3-14(11-18(15)34-21)33-22(23,24)25;/h2-5,10-11,13,26H,6-9H2,1H3,(H,27,32)(H,28,29,30);1H. The molecule has 0 bridgehead atoms. The van der Waals surface area contributed by atoms with Gasteiger partial charge < -0.3 is 25.3 Å². The van der Waals surface area contributed by atoms with Gasteiger partial charge in [0.15, 0.2) is 5.13 Å². The van der Waals surface area contributed by atoms with Crippen LogP contribution in [0.15, 0.2) is 36.4 Å². The number of carbonyl (C=O) groups is 1. The van der Waals surface area contributed by atoms with E-state index in [4.69, 9.17) is 0 Å². The van der Waals surface area contributed by atoms with Gasteiger partial charge >= 0.3 is 6.36 Å². The molecular weight excluding hydrogens is 505 g/mol. The zero-order valence-electron chi connectivity index (χ0n) is 18.5. The van der Waals surface area contributed by atoms with E-state index < -0.39 is 6.36 Å². The first-order valence-corrected chi connectivity index (χ1v) is 11.5. The highest BCUT2D eigenvalue weighted by Gasteiger charge is 2.31. The minimum Gasteiger partial charge on any atom is -0.406 e. The molecule has 2 aromatic carbocycles. The third-order valence-corrected chi connectivity index (χ3v) is 6.56. The summed E-state index contributed by atoms with van der Waals surface area (Å²) in [5.74, 6) is 0.0713. The second kappa shape index (κ2) is 9.88. The molecule has 1 aliphatic rings. The zero-order valence-corrected chi connectivity index (χ0v) is 20.1. The lowest BCUT2D eigenvalue weighted by atomic mass is 10.1. The van der Waals surface area contributed by atoms with Crippen molar-refractivity contribution >= 4 is 62.0 Å². The highest BCUT2D eigenvalue weighted by atomic mass is 35.5. The third kappa shape index (κ3) is 5.60. The molecule has 4 aromatic rings. The lowest BCUT2D eigenvalue weighted by Gasteiger charge is -2.23. The second-order valence-electron chi connectivity index (χ2n) is 8.02. The van der Waals surface area contributed by atoms with Crippen LogP contribution in [-0.2, 0) is 7.05 Å². The maximum atomic E-state index is 12.7. The first-order chi connectivity index (χ1) is 16.2. The number of benzene rings is 2. The van der Waals surface area contributed by atoms with Crippen LogP contribution in [-0.4, -0.2) is 45.9 Å². The molecule has 0 unspecified atom stereocenters. The fraction of sp³-hybridized carbons (Fsp3) is 0.318. The minimum absolute atomic E-state index is 0. The van der Waals surface area contributed by atoms with Crippen molar-refractivity contribution in [1.29, 1.82) is 0 Å². The third-order valence-electron chi connectivity index (χ3n) is 5.63. The van der Waals surface area contributed by atoms with E-state index in [0.717, 1.165) is 31.4 Å². The smallest absolute Gasteiger partial charge is 0.406 e. The molecule has 186 valence electrons. The predicted molar refractivity (Wildman–Crippen MR) is 131 cm³/mol. The van der Waals surface area contributed by atoms with E-state index in [9.17, 15) is 18.0 Å². The number of thiazole rings is 1. The molecule has 1 saturated heterocycles. The Morgan fingerprint density at radius 3 is 2.66 bits per heavy atom. The molecule has 0 aliphatic carbocycles. The maximum absolute atomic E-state index is 12.7. The van der Waals surface area contributed by atoms with Crippen molar-refractivity contribution < 1.29 is 22.7 Å². The monoisotopic (exact) mass is 526 g/mol. The molecule has 0 atom stereocenters. The molecular formula is C22H22ClF3N6O2S. The van der Waals surface area contributed by atoms with E-state index >= 15 is 0 Å². The fourth-order valence-electron chi connectivity index (χ4n) is 3.94. The van der Waals surface area contributed by atoms with E-state index in [1.807, 2.05) is 17.7 Å². The van der Waals surface area contributed by atoms with E-state index in [2.05, 4.69) is 30.7 Å². The number of nitrogens with one attached hydrogen (secondary N) is 3. The molecule has 2 aromatic heterocycles. The van der Waals surface area contributed by atoms with Crippen LogP contribution >= 0.6 is 23.7 Å². The van der Waals surface area contributed by atoms with Gasteiger partial charge in [-0.05, 0) is 56.3 Å². The van der Waals surface area contributed by atoms with Crippen LogP contribution in [0.5, 0.6) is 5.75 Å². The molecule has 35 heavy (non-hydrogen) atoms. The van der Waals surface area contributed by atoms with Crippen LogP contribution in [0, 0.1) is 0 Å². The Bertz CT molecular complexity index is 1370. The van der Waals surface area contributed by atoms with Crippen LogP contribution in [0.1, 0.15) is 23.2 Å². The molecule has 1 amide bonds. The molecule has 0 saturated carbocycles. The lowest BCUT2D eigenvalue weighted by molar-refractivity contribution is -0.274. The fourth-order valence-corrected chi connectivity index (χ4v) is 4.83. The van der Waals surface area contributed by atoms with Gasteiger partial charge in [-0.3, -0.25) is 4.79 Å². The number of alkyl halides is 3. The average molecular weight is 527 g/mol. The Labute approximate surface area is 208 Å². The maximum Gasteiger partial charge on any atom is 0.573 e. The van der Waals surface area contributed by atoms with Crippen molar-refractivity contribution in [1.82, 2.24) is 25.2 Å². The highest BCUT2D eigenvalue weighted by Crippen LogP contribution is 2.33. The van der Waals surface area contributed by atoms with Crippen molar-refractivity contribution in [3.63, 3.8) is 0 Å². The van der Waals surface area contributed by atoms with Crippen molar-refractivity contribution in [2.75, 3.05) is 18.4 Å². The van der Waals surface area contributed by atoms with E-state index in [1.165, 1.54) is 29.5 Å². The Kier molecular flexibility index (Phi) is 7.06. The Balaban J connectivity index is 0.00000289. The average Bonchev–Trinajstić information content (AvgIpc) is 3.33. The van der Waals surface area contributed by atoms with Crippen molar-refractivity contribution in [3.05, 3.63) is 42.0 Å². The van der Waals surface area contributed by atoms with E-state index in [0.29, 0.717) is 32.4 Å². The minimum atomic E-state index is -4.75. The number of anilines is 2. The number of halogens is 4. The first-order valence-electron chi connectivity index (χ1n) is 10.7. The van der Waals surface area contributed by atoms with Crippen LogP contribution in [0.4, 0.5) is 24.3 Å². The number of aromatic nitrogens is 3. The molecule has 0 radical (unpaired) electrons. The van der Waals surface area contributed by atoms with Crippen molar-refractivity contribution in [2.24, 2.45) is 7.05 Å². The van der Waals surface area contributed by atoms with Gasteiger partial charge in [-0.15, -0.1) is 25.6 Å². The van der Waals surface area contributed by atoms with Gasteiger partial charge in [-0.2, -0.15) is 0 Å². The van der Waals surface area contributed by atoms with E-state index in [-0.39, 0.29) is 30.1 Å². The Morgan fingerprint density at radius 2 is 1.91 bits per heavy atom. The number of ether oxygens (including phenoxy) is 1. The normalized spacial score (nSPS) is 14.6. The number of piperidine rings is 1. The number of fused-ring (bicyclic) bond motifs is 2. The number of hydrogen-bond acceptors (Lipinski definition) is 7. The van der Waals surface area contributed by atoms with Gasteiger partial charge in [-0.25, -0.2) is 9.97 Å². The predicted octanol–water partition coefficient (Wildman–Crippen LogP) is 4.73. The summed E-state index contributed by atoms with van der Waals surface area (Å²) >= 11 is 1.19. The van der Waals surface area contributed by atoms with Gasteiger partial charge in [0.25, 0.3) is 5.91 Å². The summed E-state index contributed by atoms with van der Waals surface area (Å²) in [6.07, 6.45) is -2.95. The van der Waals surface area contributed by atoms with Crippen molar-refractivity contribution in [2.45, 2.75) is 25.2 Å². The first kappa shape index (κ1) is 25.0. The largest absolute Gasteiger partial charge is 0.573 e. The molecule has 3 N–H and O–H groups in total. The molecule has 1 aliphatic heterocycles. The lowest BCUT2D eigenvalue weighted by Crippen LogP contribution is -2.42. The van der Waals surface area contributed by atoms with Crippen LogP contribution in [0.3, 0.4) is 0 Å². The van der Waals surface area contributed by atoms with E-state index in [1.54, 1.807) is 12.1 Å². The molecule has 13 heteroatoms. The zero-order chi connectivity index (χ0) is 23.9.